The van der Waals surface area contributed by atoms with Gasteiger partial charge in [-0.05, 0) is 32.4 Å². The Hall–Kier alpha value is -1.22. The van der Waals surface area contributed by atoms with Gasteiger partial charge in [0.05, 0.1) is 5.60 Å². The van der Waals surface area contributed by atoms with E-state index in [1.807, 2.05) is 26.0 Å². The number of unbranched alkanes of at least 4 members (excludes halogenated alkanes) is 1. The summed E-state index contributed by atoms with van der Waals surface area (Å²) in [5, 5.41) is 0. The molecule has 0 aromatic heterocycles. The van der Waals surface area contributed by atoms with Crippen molar-refractivity contribution in [2.45, 2.75) is 39.2 Å². The van der Waals surface area contributed by atoms with E-state index in [2.05, 4.69) is 6.92 Å². The lowest BCUT2D eigenvalue weighted by Crippen LogP contribution is -2.23. The molecule has 90 valence electrons. The fourth-order valence-corrected chi connectivity index (χ4v) is 1.68. The van der Waals surface area contributed by atoms with Gasteiger partial charge in [0.25, 0.3) is 0 Å². The van der Waals surface area contributed by atoms with Gasteiger partial charge in [0, 0.05) is 23.5 Å². The molecule has 0 aliphatic carbocycles. The summed E-state index contributed by atoms with van der Waals surface area (Å²) in [6, 6.07) is 5.58. The molecule has 3 heteroatoms. The third kappa shape index (κ3) is 3.14. The largest absolute Gasteiger partial charge is 0.399 e. The van der Waals surface area contributed by atoms with E-state index in [1.165, 1.54) is 0 Å². The monoisotopic (exact) mass is 222 g/mol. The van der Waals surface area contributed by atoms with Gasteiger partial charge in [-0.1, -0.05) is 19.4 Å². The Morgan fingerprint density at radius 3 is 2.50 bits per heavy atom. The SMILES string of the molecule is CCCCOC(C)(C)c1ccc(N)cc1N. The van der Waals surface area contributed by atoms with E-state index in [1.54, 1.807) is 6.07 Å². The summed E-state index contributed by atoms with van der Waals surface area (Å²) < 4.78 is 5.86. The number of nitrogen functional groups attached to an aromatic ring is 2. The second-order valence-corrected chi connectivity index (χ2v) is 4.56. The van der Waals surface area contributed by atoms with Crippen molar-refractivity contribution in [1.29, 1.82) is 0 Å². The summed E-state index contributed by atoms with van der Waals surface area (Å²) in [7, 11) is 0. The molecule has 0 saturated carbocycles. The number of hydrogen-bond donors (Lipinski definition) is 2. The minimum absolute atomic E-state index is 0.354. The third-order valence-corrected chi connectivity index (χ3v) is 2.69. The van der Waals surface area contributed by atoms with Crippen LogP contribution in [0, 0.1) is 0 Å². The maximum absolute atomic E-state index is 5.95. The summed E-state index contributed by atoms with van der Waals surface area (Å²) in [6.45, 7) is 6.97. The molecule has 1 aromatic rings. The van der Waals surface area contributed by atoms with E-state index in [0.29, 0.717) is 11.4 Å². The standard InChI is InChI=1S/C13H22N2O/c1-4-5-8-16-13(2,3)11-7-6-10(14)9-12(11)15/h6-7,9H,4-5,8,14-15H2,1-3H3. The van der Waals surface area contributed by atoms with Crippen LogP contribution in [0.4, 0.5) is 11.4 Å². The van der Waals surface area contributed by atoms with Crippen LogP contribution in [0.15, 0.2) is 18.2 Å². The average Bonchev–Trinajstić information content (AvgIpc) is 2.17. The van der Waals surface area contributed by atoms with Crippen LogP contribution in [0.3, 0.4) is 0 Å². The zero-order valence-corrected chi connectivity index (χ0v) is 10.4. The molecule has 0 aliphatic rings. The zero-order chi connectivity index (χ0) is 12.2. The molecule has 16 heavy (non-hydrogen) atoms. The maximum Gasteiger partial charge on any atom is 0.0895 e. The molecule has 0 radical (unpaired) electrons. The highest BCUT2D eigenvalue weighted by Gasteiger charge is 2.23. The summed E-state index contributed by atoms with van der Waals surface area (Å²) in [5.41, 5.74) is 13.6. The molecule has 0 atom stereocenters. The first-order chi connectivity index (χ1) is 7.47. The number of anilines is 2. The van der Waals surface area contributed by atoms with E-state index in [4.69, 9.17) is 16.2 Å². The quantitative estimate of drug-likeness (QED) is 0.595. The van der Waals surface area contributed by atoms with Crippen LogP contribution >= 0.6 is 0 Å². The Bertz CT molecular complexity index is 348. The van der Waals surface area contributed by atoms with Gasteiger partial charge >= 0.3 is 0 Å². The Morgan fingerprint density at radius 1 is 1.25 bits per heavy atom. The highest BCUT2D eigenvalue weighted by molar-refractivity contribution is 5.58. The van der Waals surface area contributed by atoms with Crippen LogP contribution in [-0.2, 0) is 10.3 Å². The fraction of sp³-hybridized carbons (Fsp3) is 0.538. The Kier molecular flexibility index (Phi) is 4.19. The van der Waals surface area contributed by atoms with E-state index in [9.17, 15) is 0 Å². The molecule has 0 bridgehead atoms. The van der Waals surface area contributed by atoms with Crippen molar-refractivity contribution >= 4 is 11.4 Å². The summed E-state index contributed by atoms with van der Waals surface area (Å²) in [5.74, 6) is 0. The van der Waals surface area contributed by atoms with Crippen molar-refractivity contribution in [3.63, 3.8) is 0 Å². The van der Waals surface area contributed by atoms with Crippen molar-refractivity contribution in [3.8, 4) is 0 Å². The molecule has 1 aromatic carbocycles. The molecule has 3 nitrogen and oxygen atoms in total. The Morgan fingerprint density at radius 2 is 1.94 bits per heavy atom. The molecular formula is C13H22N2O. The van der Waals surface area contributed by atoms with E-state index in [-0.39, 0.29) is 5.60 Å². The van der Waals surface area contributed by atoms with Crippen LogP contribution in [0.1, 0.15) is 39.2 Å². The first-order valence-corrected chi connectivity index (χ1v) is 5.77. The van der Waals surface area contributed by atoms with Crippen LogP contribution < -0.4 is 11.5 Å². The third-order valence-electron chi connectivity index (χ3n) is 2.69. The van der Waals surface area contributed by atoms with Crippen LogP contribution in [0.25, 0.3) is 0 Å². The molecule has 1 rings (SSSR count). The topological polar surface area (TPSA) is 61.3 Å². The predicted octanol–water partition coefficient (Wildman–Crippen LogP) is 2.90. The fourth-order valence-electron chi connectivity index (χ4n) is 1.68. The molecule has 0 spiro atoms. The van der Waals surface area contributed by atoms with Gasteiger partial charge < -0.3 is 16.2 Å². The minimum Gasteiger partial charge on any atom is -0.399 e. The lowest BCUT2D eigenvalue weighted by Gasteiger charge is -2.27. The highest BCUT2D eigenvalue weighted by atomic mass is 16.5. The Labute approximate surface area is 97.8 Å². The summed E-state index contributed by atoms with van der Waals surface area (Å²) >= 11 is 0. The summed E-state index contributed by atoms with van der Waals surface area (Å²) in [4.78, 5) is 0. The smallest absolute Gasteiger partial charge is 0.0895 e. The number of ether oxygens (including phenoxy) is 1. The second-order valence-electron chi connectivity index (χ2n) is 4.56. The second kappa shape index (κ2) is 5.21. The molecule has 0 aliphatic heterocycles. The number of rotatable bonds is 5. The van der Waals surface area contributed by atoms with Gasteiger partial charge in [0.2, 0.25) is 0 Å². The molecule has 0 heterocycles. The lowest BCUT2D eigenvalue weighted by atomic mass is 9.96. The lowest BCUT2D eigenvalue weighted by molar-refractivity contribution is -0.0223. The first-order valence-electron chi connectivity index (χ1n) is 5.77. The van der Waals surface area contributed by atoms with E-state index < -0.39 is 0 Å². The van der Waals surface area contributed by atoms with E-state index >= 15 is 0 Å². The van der Waals surface area contributed by atoms with Crippen molar-refractivity contribution in [2.24, 2.45) is 0 Å². The van der Waals surface area contributed by atoms with Crippen molar-refractivity contribution in [1.82, 2.24) is 0 Å². The minimum atomic E-state index is -0.354. The predicted molar refractivity (Wildman–Crippen MR) is 69.2 cm³/mol. The van der Waals surface area contributed by atoms with Crippen molar-refractivity contribution in [3.05, 3.63) is 23.8 Å². The van der Waals surface area contributed by atoms with Gasteiger partial charge in [-0.2, -0.15) is 0 Å². The maximum atomic E-state index is 5.95. The molecule has 0 saturated heterocycles. The number of hydrogen-bond acceptors (Lipinski definition) is 3. The molecule has 0 amide bonds. The van der Waals surface area contributed by atoms with Gasteiger partial charge in [0.1, 0.15) is 0 Å². The van der Waals surface area contributed by atoms with E-state index in [0.717, 1.165) is 25.0 Å². The van der Waals surface area contributed by atoms with Gasteiger partial charge in [-0.25, -0.2) is 0 Å². The first kappa shape index (κ1) is 12.8. The highest BCUT2D eigenvalue weighted by Crippen LogP contribution is 2.30. The van der Waals surface area contributed by atoms with Crippen LogP contribution in [0.5, 0.6) is 0 Å². The van der Waals surface area contributed by atoms with Crippen molar-refractivity contribution in [2.75, 3.05) is 18.1 Å². The van der Waals surface area contributed by atoms with Gasteiger partial charge in [-0.3, -0.25) is 0 Å². The molecular weight excluding hydrogens is 200 g/mol. The summed E-state index contributed by atoms with van der Waals surface area (Å²) in [6.07, 6.45) is 2.20. The average molecular weight is 222 g/mol. The zero-order valence-electron chi connectivity index (χ0n) is 10.4. The Balaban J connectivity index is 2.80. The number of nitrogens with two attached hydrogens (primary N) is 2. The van der Waals surface area contributed by atoms with Crippen LogP contribution in [0.2, 0.25) is 0 Å². The van der Waals surface area contributed by atoms with Gasteiger partial charge in [-0.15, -0.1) is 0 Å². The normalized spacial score (nSPS) is 11.7. The molecule has 4 N–H and O–H groups in total. The molecule has 0 fully saturated rings. The molecule has 0 unspecified atom stereocenters. The van der Waals surface area contributed by atoms with Crippen LogP contribution in [-0.4, -0.2) is 6.61 Å². The van der Waals surface area contributed by atoms with Gasteiger partial charge in [0.15, 0.2) is 0 Å². The van der Waals surface area contributed by atoms with Crippen molar-refractivity contribution < 1.29 is 4.74 Å². The number of benzene rings is 1.